The van der Waals surface area contributed by atoms with E-state index in [-0.39, 0.29) is 18.0 Å². The van der Waals surface area contributed by atoms with Crippen molar-refractivity contribution in [2.75, 3.05) is 24.2 Å². The summed E-state index contributed by atoms with van der Waals surface area (Å²) in [4.78, 5) is 23.9. The van der Waals surface area contributed by atoms with E-state index >= 15 is 0 Å². The monoisotopic (exact) mass is 390 g/mol. The molecule has 1 aliphatic rings. The van der Waals surface area contributed by atoms with E-state index in [9.17, 15) is 26.8 Å². The second kappa shape index (κ2) is 8.54. The van der Waals surface area contributed by atoms with Crippen molar-refractivity contribution in [2.24, 2.45) is 0 Å². The van der Waals surface area contributed by atoms with Crippen LogP contribution in [0, 0.1) is 11.6 Å². The van der Waals surface area contributed by atoms with Crippen molar-refractivity contribution in [1.82, 2.24) is 4.31 Å². The summed E-state index contributed by atoms with van der Waals surface area (Å²) in [5, 5.41) is 2.16. The number of ether oxygens (including phenoxy) is 1. The van der Waals surface area contributed by atoms with Crippen molar-refractivity contribution < 1.29 is 31.5 Å². The molecule has 10 heteroatoms. The largest absolute Gasteiger partial charge is 0.454 e. The lowest BCUT2D eigenvalue weighted by Crippen LogP contribution is -2.43. The first-order valence-corrected chi connectivity index (χ1v) is 9.76. The zero-order valence-electron chi connectivity index (χ0n) is 14.2. The Bertz CT molecular complexity index is 785. The Labute approximate surface area is 150 Å². The molecule has 0 bridgehead atoms. The van der Waals surface area contributed by atoms with Gasteiger partial charge in [-0.25, -0.2) is 17.2 Å². The van der Waals surface area contributed by atoms with Gasteiger partial charge < -0.3 is 10.1 Å². The Morgan fingerprint density at radius 1 is 1.35 bits per heavy atom. The van der Waals surface area contributed by atoms with E-state index in [2.05, 4.69) is 5.32 Å². The summed E-state index contributed by atoms with van der Waals surface area (Å²) in [6, 6.07) is 1.67. The number of carbonyl (C=O) groups excluding carboxylic acids is 2. The van der Waals surface area contributed by atoms with E-state index in [1.54, 1.807) is 6.92 Å². The molecule has 1 atom stereocenters. The summed E-state index contributed by atoms with van der Waals surface area (Å²) in [7, 11) is -3.55. The molecule has 7 nitrogen and oxygen atoms in total. The lowest BCUT2D eigenvalue weighted by molar-refractivity contribution is -0.150. The highest BCUT2D eigenvalue weighted by Crippen LogP contribution is 2.23. The Morgan fingerprint density at radius 2 is 2.08 bits per heavy atom. The molecule has 1 saturated heterocycles. The van der Waals surface area contributed by atoms with Gasteiger partial charge >= 0.3 is 5.97 Å². The fraction of sp³-hybridized carbons (Fsp3) is 0.500. The van der Waals surface area contributed by atoms with Gasteiger partial charge in [0.2, 0.25) is 10.0 Å². The minimum Gasteiger partial charge on any atom is -0.454 e. The molecule has 2 rings (SSSR count). The number of rotatable bonds is 7. The van der Waals surface area contributed by atoms with E-state index in [1.165, 1.54) is 0 Å². The molecule has 0 spiro atoms. The van der Waals surface area contributed by atoms with E-state index < -0.39 is 46.2 Å². The van der Waals surface area contributed by atoms with Crippen molar-refractivity contribution in [3.05, 3.63) is 29.8 Å². The molecule has 1 heterocycles. The second-order valence-corrected chi connectivity index (χ2v) is 7.91. The third-order valence-corrected chi connectivity index (χ3v) is 5.92. The number of hydrogen-bond acceptors (Lipinski definition) is 5. The number of halogens is 2. The molecule has 1 aliphatic heterocycles. The number of benzene rings is 1. The van der Waals surface area contributed by atoms with Gasteiger partial charge in [0, 0.05) is 12.6 Å². The van der Waals surface area contributed by atoms with Crippen LogP contribution in [0.15, 0.2) is 18.2 Å². The minimum atomic E-state index is -3.55. The van der Waals surface area contributed by atoms with Gasteiger partial charge in [-0.05, 0) is 31.4 Å². The zero-order chi connectivity index (χ0) is 19.3. The van der Waals surface area contributed by atoms with Gasteiger partial charge in [0.25, 0.3) is 5.91 Å². The molecule has 1 unspecified atom stereocenters. The van der Waals surface area contributed by atoms with Crippen LogP contribution in [0.2, 0.25) is 0 Å². The zero-order valence-corrected chi connectivity index (χ0v) is 15.0. The summed E-state index contributed by atoms with van der Waals surface area (Å²) >= 11 is 0. The molecular weight excluding hydrogens is 370 g/mol. The number of nitrogens with one attached hydrogen (secondary N) is 1. The number of sulfonamides is 1. The molecule has 0 aromatic heterocycles. The maximum Gasteiger partial charge on any atom is 0.324 e. The van der Waals surface area contributed by atoms with Crippen LogP contribution < -0.4 is 5.32 Å². The molecule has 1 amide bonds. The van der Waals surface area contributed by atoms with Gasteiger partial charge in [-0.2, -0.15) is 4.31 Å². The standard InChI is InChI=1S/C16H20F2N2O5S/c1-2-8-26(23,24)20-7-3-4-14(20)16(22)25-10-15(21)19-13-6-5-11(17)9-12(13)18/h5-6,9,14H,2-4,7-8,10H2,1H3,(H,19,21). The number of esters is 1. The van der Waals surface area contributed by atoms with Crippen LogP contribution in [0.4, 0.5) is 14.5 Å². The molecule has 0 radical (unpaired) electrons. The summed E-state index contributed by atoms with van der Waals surface area (Å²) in [5.41, 5.74) is -0.250. The van der Waals surface area contributed by atoms with E-state index in [0.29, 0.717) is 25.3 Å². The van der Waals surface area contributed by atoms with Gasteiger partial charge in [0.05, 0.1) is 11.4 Å². The van der Waals surface area contributed by atoms with Crippen LogP contribution in [0.25, 0.3) is 0 Å². The maximum atomic E-state index is 13.5. The molecular formula is C16H20F2N2O5S. The molecule has 0 aliphatic carbocycles. The topological polar surface area (TPSA) is 92.8 Å². The van der Waals surface area contributed by atoms with Crippen molar-refractivity contribution >= 4 is 27.6 Å². The predicted molar refractivity (Wildman–Crippen MR) is 89.8 cm³/mol. The van der Waals surface area contributed by atoms with Gasteiger partial charge in [0.15, 0.2) is 6.61 Å². The Morgan fingerprint density at radius 3 is 2.73 bits per heavy atom. The fourth-order valence-electron chi connectivity index (χ4n) is 2.69. The Balaban J connectivity index is 1.92. The van der Waals surface area contributed by atoms with Crippen LogP contribution in [-0.4, -0.2) is 49.5 Å². The molecule has 144 valence electrons. The highest BCUT2D eigenvalue weighted by Gasteiger charge is 2.39. The first-order valence-electron chi connectivity index (χ1n) is 8.15. The summed E-state index contributed by atoms with van der Waals surface area (Å²) in [6.45, 7) is 1.25. The van der Waals surface area contributed by atoms with Gasteiger partial charge in [-0.15, -0.1) is 0 Å². The second-order valence-electron chi connectivity index (χ2n) is 5.86. The Hall–Kier alpha value is -2.07. The van der Waals surface area contributed by atoms with Crippen LogP contribution in [0.3, 0.4) is 0 Å². The summed E-state index contributed by atoms with van der Waals surface area (Å²) < 4.78 is 56.6. The van der Waals surface area contributed by atoms with Crippen molar-refractivity contribution in [3.63, 3.8) is 0 Å². The van der Waals surface area contributed by atoms with E-state index in [4.69, 9.17) is 4.74 Å². The number of nitrogens with zero attached hydrogens (tertiary/aromatic N) is 1. The first kappa shape index (κ1) is 20.2. The lowest BCUT2D eigenvalue weighted by atomic mass is 10.2. The molecule has 1 aromatic carbocycles. The van der Waals surface area contributed by atoms with Crippen LogP contribution in [-0.2, 0) is 24.3 Å². The predicted octanol–water partition coefficient (Wildman–Crippen LogP) is 1.65. The molecule has 1 aromatic rings. The maximum absolute atomic E-state index is 13.5. The SMILES string of the molecule is CCCS(=O)(=O)N1CCCC1C(=O)OCC(=O)Nc1ccc(F)cc1F. The Kier molecular flexibility index (Phi) is 6.65. The third-order valence-electron chi connectivity index (χ3n) is 3.85. The quantitative estimate of drug-likeness (QED) is 0.715. The van der Waals surface area contributed by atoms with E-state index in [1.807, 2.05) is 0 Å². The van der Waals surface area contributed by atoms with E-state index in [0.717, 1.165) is 16.4 Å². The molecule has 1 fully saturated rings. The number of amides is 1. The van der Waals surface area contributed by atoms with Crippen LogP contribution in [0.1, 0.15) is 26.2 Å². The highest BCUT2D eigenvalue weighted by molar-refractivity contribution is 7.89. The fourth-order valence-corrected chi connectivity index (χ4v) is 4.43. The normalized spacial score (nSPS) is 17.9. The summed E-state index contributed by atoms with van der Waals surface area (Å²) in [6.07, 6.45) is 1.26. The molecule has 0 saturated carbocycles. The van der Waals surface area contributed by atoms with Crippen molar-refractivity contribution in [2.45, 2.75) is 32.2 Å². The van der Waals surface area contributed by atoms with Crippen molar-refractivity contribution in [1.29, 1.82) is 0 Å². The average Bonchev–Trinajstić information content (AvgIpc) is 3.06. The highest BCUT2D eigenvalue weighted by atomic mass is 32.2. The number of carbonyl (C=O) groups is 2. The van der Waals surface area contributed by atoms with Gasteiger partial charge in [-0.3, -0.25) is 9.59 Å². The number of hydrogen-bond donors (Lipinski definition) is 1. The molecule has 26 heavy (non-hydrogen) atoms. The smallest absolute Gasteiger partial charge is 0.324 e. The lowest BCUT2D eigenvalue weighted by Gasteiger charge is -2.22. The van der Waals surface area contributed by atoms with Gasteiger partial charge in [-0.1, -0.05) is 6.92 Å². The van der Waals surface area contributed by atoms with Gasteiger partial charge in [0.1, 0.15) is 17.7 Å². The first-order chi connectivity index (χ1) is 12.2. The minimum absolute atomic E-state index is 0.0683. The summed E-state index contributed by atoms with van der Waals surface area (Å²) in [5.74, 6) is -3.46. The molecule has 1 N–H and O–H groups in total. The van der Waals surface area contributed by atoms with Crippen LogP contribution >= 0.6 is 0 Å². The third kappa shape index (κ3) is 4.98. The van der Waals surface area contributed by atoms with Crippen LogP contribution in [0.5, 0.6) is 0 Å². The average molecular weight is 390 g/mol. The number of anilines is 1. The van der Waals surface area contributed by atoms with Crippen molar-refractivity contribution in [3.8, 4) is 0 Å².